The largest absolute Gasteiger partial charge is 0.262 e. The summed E-state index contributed by atoms with van der Waals surface area (Å²) in [7, 11) is 0. The normalized spacial score (nSPS) is 20.4. The SMILES string of the molecule is FC1(F)CCC(n2ncc3ccc(Br)cc32)CC1. The molecule has 1 fully saturated rings. The maximum absolute atomic E-state index is 13.2. The Kier molecular flexibility index (Phi) is 2.88. The molecule has 3 rings (SSSR count). The van der Waals surface area contributed by atoms with Crippen LogP contribution in [-0.4, -0.2) is 15.7 Å². The molecule has 2 aromatic rings. The first-order valence-electron chi connectivity index (χ1n) is 6.06. The van der Waals surface area contributed by atoms with Crippen molar-refractivity contribution in [3.63, 3.8) is 0 Å². The molecule has 0 bridgehead atoms. The first kappa shape index (κ1) is 12.1. The van der Waals surface area contributed by atoms with Gasteiger partial charge in [-0.1, -0.05) is 22.0 Å². The minimum absolute atomic E-state index is 0.0347. The van der Waals surface area contributed by atoms with Crippen LogP contribution < -0.4 is 0 Å². The fourth-order valence-corrected chi connectivity index (χ4v) is 2.92. The molecular formula is C13H13BrF2N2. The number of benzene rings is 1. The van der Waals surface area contributed by atoms with Crippen LogP contribution in [0.3, 0.4) is 0 Å². The van der Waals surface area contributed by atoms with Gasteiger partial charge in [0.05, 0.1) is 17.8 Å². The van der Waals surface area contributed by atoms with Gasteiger partial charge in [0.1, 0.15) is 0 Å². The van der Waals surface area contributed by atoms with Gasteiger partial charge in [-0.2, -0.15) is 5.10 Å². The van der Waals surface area contributed by atoms with Crippen LogP contribution in [-0.2, 0) is 0 Å². The van der Waals surface area contributed by atoms with Crippen LogP contribution in [0.5, 0.6) is 0 Å². The number of aromatic nitrogens is 2. The molecule has 0 aliphatic heterocycles. The summed E-state index contributed by atoms with van der Waals surface area (Å²) < 4.78 is 29.2. The molecule has 1 aromatic carbocycles. The van der Waals surface area contributed by atoms with Crippen LogP contribution in [0.4, 0.5) is 8.78 Å². The second kappa shape index (κ2) is 4.30. The molecule has 1 aliphatic rings. The number of alkyl halides is 2. The van der Waals surface area contributed by atoms with Crippen LogP contribution in [0.1, 0.15) is 31.7 Å². The molecule has 0 atom stereocenters. The second-order valence-electron chi connectivity index (χ2n) is 4.88. The first-order valence-corrected chi connectivity index (χ1v) is 6.85. The van der Waals surface area contributed by atoms with Crippen molar-refractivity contribution < 1.29 is 8.78 Å². The maximum Gasteiger partial charge on any atom is 0.248 e. The van der Waals surface area contributed by atoms with E-state index in [-0.39, 0.29) is 18.9 Å². The fraction of sp³-hybridized carbons (Fsp3) is 0.462. The Labute approximate surface area is 112 Å². The highest BCUT2D eigenvalue weighted by molar-refractivity contribution is 9.10. The highest BCUT2D eigenvalue weighted by Gasteiger charge is 2.36. The standard InChI is InChI=1S/C13H13BrF2N2/c14-10-2-1-9-8-17-18(12(9)7-10)11-3-5-13(15,16)6-4-11/h1-2,7-8,11H,3-6H2. The predicted molar refractivity (Wildman–Crippen MR) is 69.9 cm³/mol. The molecule has 1 heterocycles. The molecule has 5 heteroatoms. The van der Waals surface area contributed by atoms with Gasteiger partial charge in [0, 0.05) is 22.7 Å². The van der Waals surface area contributed by atoms with E-state index in [9.17, 15) is 8.78 Å². The molecule has 0 N–H and O–H groups in total. The Morgan fingerprint density at radius 3 is 2.72 bits per heavy atom. The zero-order valence-electron chi connectivity index (χ0n) is 9.74. The number of hydrogen-bond acceptors (Lipinski definition) is 1. The van der Waals surface area contributed by atoms with Crippen molar-refractivity contribution in [1.82, 2.24) is 9.78 Å². The lowest BCUT2D eigenvalue weighted by molar-refractivity contribution is -0.0446. The monoisotopic (exact) mass is 314 g/mol. The van der Waals surface area contributed by atoms with E-state index in [0.717, 1.165) is 15.4 Å². The van der Waals surface area contributed by atoms with Crippen molar-refractivity contribution in [2.45, 2.75) is 37.6 Å². The Morgan fingerprint density at radius 2 is 2.00 bits per heavy atom. The van der Waals surface area contributed by atoms with E-state index in [1.165, 1.54) is 0 Å². The van der Waals surface area contributed by atoms with Crippen LogP contribution in [0.15, 0.2) is 28.9 Å². The average Bonchev–Trinajstić information content (AvgIpc) is 2.72. The lowest BCUT2D eigenvalue weighted by Crippen LogP contribution is -2.26. The van der Waals surface area contributed by atoms with Crippen LogP contribution in [0, 0.1) is 0 Å². The Morgan fingerprint density at radius 1 is 1.28 bits per heavy atom. The van der Waals surface area contributed by atoms with Gasteiger partial charge in [-0.05, 0) is 25.0 Å². The maximum atomic E-state index is 13.2. The zero-order valence-corrected chi connectivity index (χ0v) is 11.3. The summed E-state index contributed by atoms with van der Waals surface area (Å²) in [5.74, 6) is -2.49. The number of fused-ring (bicyclic) bond motifs is 1. The molecule has 1 aromatic heterocycles. The van der Waals surface area contributed by atoms with Crippen molar-refractivity contribution in [1.29, 1.82) is 0 Å². The molecule has 2 nitrogen and oxygen atoms in total. The summed E-state index contributed by atoms with van der Waals surface area (Å²) in [5, 5.41) is 5.41. The highest BCUT2D eigenvalue weighted by Crippen LogP contribution is 2.39. The van der Waals surface area contributed by atoms with E-state index in [0.29, 0.717) is 12.8 Å². The topological polar surface area (TPSA) is 17.8 Å². The third-order valence-corrected chi connectivity index (χ3v) is 4.09. The molecule has 1 aliphatic carbocycles. The van der Waals surface area contributed by atoms with Crippen molar-refractivity contribution >= 4 is 26.8 Å². The van der Waals surface area contributed by atoms with Crippen LogP contribution in [0.2, 0.25) is 0 Å². The van der Waals surface area contributed by atoms with Crippen molar-refractivity contribution in [3.05, 3.63) is 28.9 Å². The molecule has 18 heavy (non-hydrogen) atoms. The summed E-state index contributed by atoms with van der Waals surface area (Å²) in [6, 6.07) is 6.04. The highest BCUT2D eigenvalue weighted by atomic mass is 79.9. The van der Waals surface area contributed by atoms with E-state index in [1.807, 2.05) is 22.9 Å². The summed E-state index contributed by atoms with van der Waals surface area (Å²) >= 11 is 3.43. The van der Waals surface area contributed by atoms with Crippen molar-refractivity contribution in [3.8, 4) is 0 Å². The summed E-state index contributed by atoms with van der Waals surface area (Å²) in [6.07, 6.45) is 2.72. The van der Waals surface area contributed by atoms with Gasteiger partial charge in [-0.25, -0.2) is 8.78 Å². The van der Waals surface area contributed by atoms with Gasteiger partial charge in [-0.3, -0.25) is 4.68 Å². The molecule has 0 radical (unpaired) electrons. The van der Waals surface area contributed by atoms with Gasteiger partial charge >= 0.3 is 0 Å². The van der Waals surface area contributed by atoms with Gasteiger partial charge in [0.25, 0.3) is 0 Å². The van der Waals surface area contributed by atoms with Crippen molar-refractivity contribution in [2.24, 2.45) is 0 Å². The zero-order chi connectivity index (χ0) is 12.8. The third-order valence-electron chi connectivity index (χ3n) is 3.59. The molecular weight excluding hydrogens is 302 g/mol. The van der Waals surface area contributed by atoms with E-state index < -0.39 is 5.92 Å². The third kappa shape index (κ3) is 2.16. The molecule has 0 saturated heterocycles. The molecule has 0 amide bonds. The van der Waals surface area contributed by atoms with Crippen LogP contribution >= 0.6 is 15.9 Å². The molecule has 1 saturated carbocycles. The summed E-state index contributed by atoms with van der Waals surface area (Å²) in [4.78, 5) is 0. The Bertz CT molecular complexity index is 569. The van der Waals surface area contributed by atoms with E-state index in [2.05, 4.69) is 21.0 Å². The van der Waals surface area contributed by atoms with Crippen LogP contribution in [0.25, 0.3) is 10.9 Å². The number of hydrogen-bond donors (Lipinski definition) is 0. The lowest BCUT2D eigenvalue weighted by Gasteiger charge is -2.28. The van der Waals surface area contributed by atoms with Gasteiger partial charge in [0.2, 0.25) is 5.92 Å². The van der Waals surface area contributed by atoms with E-state index >= 15 is 0 Å². The van der Waals surface area contributed by atoms with E-state index in [4.69, 9.17) is 0 Å². The molecule has 0 unspecified atom stereocenters. The predicted octanol–water partition coefficient (Wildman–Crippen LogP) is 4.55. The second-order valence-corrected chi connectivity index (χ2v) is 5.80. The van der Waals surface area contributed by atoms with Gasteiger partial charge in [-0.15, -0.1) is 0 Å². The summed E-state index contributed by atoms with van der Waals surface area (Å²) in [6.45, 7) is 0. The number of rotatable bonds is 1. The average molecular weight is 315 g/mol. The minimum atomic E-state index is -2.49. The summed E-state index contributed by atoms with van der Waals surface area (Å²) in [5.41, 5.74) is 1.01. The van der Waals surface area contributed by atoms with Gasteiger partial charge < -0.3 is 0 Å². The van der Waals surface area contributed by atoms with Gasteiger partial charge in [0.15, 0.2) is 0 Å². The molecule has 96 valence electrons. The Balaban J connectivity index is 1.93. The lowest BCUT2D eigenvalue weighted by atomic mass is 9.92. The minimum Gasteiger partial charge on any atom is -0.262 e. The first-order chi connectivity index (χ1) is 8.55. The van der Waals surface area contributed by atoms with Crippen molar-refractivity contribution in [2.75, 3.05) is 0 Å². The smallest absolute Gasteiger partial charge is 0.248 e. The molecule has 0 spiro atoms. The Hall–Kier alpha value is -0.970. The quantitative estimate of drug-likeness (QED) is 0.755. The fourth-order valence-electron chi connectivity index (χ4n) is 2.57. The number of halogens is 3. The number of nitrogens with zero attached hydrogens (tertiary/aromatic N) is 2. The van der Waals surface area contributed by atoms with E-state index in [1.54, 1.807) is 6.20 Å².